The van der Waals surface area contributed by atoms with Crippen LogP contribution >= 0.6 is 0 Å². The maximum atomic E-state index is 6.25. The van der Waals surface area contributed by atoms with Gasteiger partial charge >= 0.3 is 0 Å². The van der Waals surface area contributed by atoms with Gasteiger partial charge in [-0.05, 0) is 32.1 Å². The summed E-state index contributed by atoms with van der Waals surface area (Å²) in [5.74, 6) is 1.09. The van der Waals surface area contributed by atoms with Crippen LogP contribution in [0.5, 0.6) is 0 Å². The highest BCUT2D eigenvalue weighted by Crippen LogP contribution is 2.47. The Morgan fingerprint density at radius 3 is 2.90 bits per heavy atom. The highest BCUT2D eigenvalue weighted by atomic mass is 15.2. The van der Waals surface area contributed by atoms with Gasteiger partial charge in [0.25, 0.3) is 0 Å². The first-order valence-corrected chi connectivity index (χ1v) is 8.07. The second-order valence-corrected chi connectivity index (χ2v) is 6.62. The molecule has 1 fully saturated rings. The molecule has 3 aliphatic carbocycles. The molecule has 0 spiro atoms. The number of likely N-dealkylation sites (tertiary alicyclic amines) is 1. The van der Waals surface area contributed by atoms with E-state index in [1.165, 1.54) is 12.8 Å². The summed E-state index contributed by atoms with van der Waals surface area (Å²) < 4.78 is 0. The molecule has 1 aliphatic heterocycles. The van der Waals surface area contributed by atoms with E-state index in [0.29, 0.717) is 23.9 Å². The van der Waals surface area contributed by atoms with E-state index in [2.05, 4.69) is 47.4 Å². The van der Waals surface area contributed by atoms with Crippen LogP contribution in [0.3, 0.4) is 0 Å². The molecule has 0 N–H and O–H groups in total. The molecule has 0 bridgehead atoms. The van der Waals surface area contributed by atoms with Crippen LogP contribution in [0.4, 0.5) is 0 Å². The van der Waals surface area contributed by atoms with E-state index in [-0.39, 0.29) is 0 Å². The van der Waals surface area contributed by atoms with E-state index < -0.39 is 0 Å². The minimum absolute atomic E-state index is 0.346. The second-order valence-electron chi connectivity index (χ2n) is 6.62. The van der Waals surface area contributed by atoms with Crippen LogP contribution in [0.15, 0.2) is 48.1 Å². The Hall–Kier alpha value is -1.02. The summed E-state index contributed by atoms with van der Waals surface area (Å²) >= 11 is 0. The van der Waals surface area contributed by atoms with Crippen molar-refractivity contribution in [3.8, 4) is 0 Å². The Kier molecular flexibility index (Phi) is 3.22. The Labute approximate surface area is 123 Å². The first-order chi connectivity index (χ1) is 9.84. The lowest BCUT2D eigenvalue weighted by atomic mass is 9.72. The molecule has 20 heavy (non-hydrogen) atoms. The van der Waals surface area contributed by atoms with Gasteiger partial charge in [-0.15, -0.1) is 0 Å². The molecule has 1 nitrogen and oxygen atoms in total. The third kappa shape index (κ3) is 1.97. The van der Waals surface area contributed by atoms with Crippen LogP contribution in [0.1, 0.15) is 32.1 Å². The summed E-state index contributed by atoms with van der Waals surface area (Å²) in [6, 6.07) is 1.74. The maximum Gasteiger partial charge on any atom is 0.0704 e. The van der Waals surface area contributed by atoms with Gasteiger partial charge in [0.05, 0.1) is 7.85 Å². The molecule has 0 aromatic rings. The van der Waals surface area contributed by atoms with Crippen molar-refractivity contribution in [1.29, 1.82) is 0 Å². The topological polar surface area (TPSA) is 3.24 Å². The average molecular weight is 263 g/mol. The summed E-state index contributed by atoms with van der Waals surface area (Å²) in [6.07, 6.45) is 22.3. The molecule has 2 heteroatoms. The Morgan fingerprint density at radius 2 is 2.05 bits per heavy atom. The lowest BCUT2D eigenvalue weighted by molar-refractivity contribution is 0.161. The van der Waals surface area contributed by atoms with Crippen LogP contribution in [0.25, 0.3) is 0 Å². The van der Waals surface area contributed by atoms with Crippen LogP contribution in [-0.4, -0.2) is 30.9 Å². The summed E-state index contributed by atoms with van der Waals surface area (Å²) in [5, 5.41) is 0. The number of fused-ring (bicyclic) bond motifs is 3. The van der Waals surface area contributed by atoms with Crippen molar-refractivity contribution in [3.63, 3.8) is 0 Å². The largest absolute Gasteiger partial charge is 0.283 e. The standard InChI is InChI=1S/C18H22BN/c19-13-10-11-16-15-8-4-5-9-17(15)20(18(16)12-13)14-6-2-1-3-7-14/h1-3,5-6,9,11,13-15,17-18H,4,7-8,10,12H2. The van der Waals surface area contributed by atoms with Gasteiger partial charge in [-0.1, -0.05) is 53.9 Å². The van der Waals surface area contributed by atoms with Crippen LogP contribution < -0.4 is 0 Å². The maximum absolute atomic E-state index is 6.25. The van der Waals surface area contributed by atoms with Gasteiger partial charge in [0.2, 0.25) is 0 Å². The van der Waals surface area contributed by atoms with E-state index in [9.17, 15) is 0 Å². The molecule has 5 atom stereocenters. The van der Waals surface area contributed by atoms with Crippen LogP contribution in [0, 0.1) is 5.92 Å². The molecule has 0 amide bonds. The highest BCUT2D eigenvalue weighted by Gasteiger charge is 2.47. The molecule has 5 unspecified atom stereocenters. The molecule has 0 aromatic heterocycles. The van der Waals surface area contributed by atoms with Gasteiger partial charge in [-0.3, -0.25) is 4.90 Å². The lowest BCUT2D eigenvalue weighted by Gasteiger charge is -2.38. The lowest BCUT2D eigenvalue weighted by Crippen LogP contribution is -2.45. The van der Waals surface area contributed by atoms with Gasteiger partial charge in [0, 0.05) is 24.0 Å². The van der Waals surface area contributed by atoms with E-state index >= 15 is 0 Å². The predicted molar refractivity (Wildman–Crippen MR) is 84.8 cm³/mol. The fourth-order valence-corrected chi connectivity index (χ4v) is 4.57. The Bertz CT molecular complexity index is 502. The smallest absolute Gasteiger partial charge is 0.0704 e. The predicted octanol–water partition coefficient (Wildman–Crippen LogP) is 3.57. The Balaban J connectivity index is 1.71. The number of hydrogen-bond acceptors (Lipinski definition) is 1. The zero-order valence-corrected chi connectivity index (χ0v) is 12.0. The van der Waals surface area contributed by atoms with E-state index in [4.69, 9.17) is 7.85 Å². The van der Waals surface area contributed by atoms with Crippen molar-refractivity contribution < 1.29 is 0 Å². The number of hydrogen-bond donors (Lipinski definition) is 0. The average Bonchev–Trinajstić information content (AvgIpc) is 2.81. The molecule has 2 radical (unpaired) electrons. The van der Waals surface area contributed by atoms with Crippen molar-refractivity contribution in [2.24, 2.45) is 5.92 Å². The Morgan fingerprint density at radius 1 is 1.10 bits per heavy atom. The first-order valence-electron chi connectivity index (χ1n) is 8.07. The zero-order valence-electron chi connectivity index (χ0n) is 12.0. The van der Waals surface area contributed by atoms with Gasteiger partial charge in [-0.25, -0.2) is 0 Å². The number of nitrogens with zero attached hydrogens (tertiary/aromatic N) is 1. The highest BCUT2D eigenvalue weighted by molar-refractivity contribution is 6.11. The minimum Gasteiger partial charge on any atom is -0.283 e. The number of allylic oxidation sites excluding steroid dienone is 4. The van der Waals surface area contributed by atoms with Crippen molar-refractivity contribution >= 4 is 7.85 Å². The molecule has 4 rings (SSSR count). The van der Waals surface area contributed by atoms with Crippen LogP contribution in [0.2, 0.25) is 5.82 Å². The summed E-state index contributed by atoms with van der Waals surface area (Å²) in [7, 11) is 6.25. The fraction of sp³-hybridized carbons (Fsp3) is 0.556. The van der Waals surface area contributed by atoms with Crippen molar-refractivity contribution in [1.82, 2.24) is 4.90 Å². The molecule has 1 saturated heterocycles. The third-order valence-corrected chi connectivity index (χ3v) is 5.43. The van der Waals surface area contributed by atoms with Crippen molar-refractivity contribution in [2.45, 2.75) is 56.0 Å². The third-order valence-electron chi connectivity index (χ3n) is 5.43. The molecular weight excluding hydrogens is 241 g/mol. The minimum atomic E-state index is 0.346. The molecule has 0 aromatic carbocycles. The quantitative estimate of drug-likeness (QED) is 0.516. The van der Waals surface area contributed by atoms with Gasteiger partial charge in [0.15, 0.2) is 0 Å². The molecule has 1 heterocycles. The van der Waals surface area contributed by atoms with Crippen molar-refractivity contribution in [2.75, 3.05) is 0 Å². The van der Waals surface area contributed by atoms with Gasteiger partial charge < -0.3 is 0 Å². The fourth-order valence-electron chi connectivity index (χ4n) is 4.57. The first kappa shape index (κ1) is 12.7. The summed E-state index contributed by atoms with van der Waals surface area (Å²) in [5.41, 5.74) is 1.70. The van der Waals surface area contributed by atoms with E-state index in [1.54, 1.807) is 5.57 Å². The molecule has 4 aliphatic rings. The van der Waals surface area contributed by atoms with Crippen molar-refractivity contribution in [3.05, 3.63) is 48.1 Å². The monoisotopic (exact) mass is 263 g/mol. The normalized spacial score (nSPS) is 43.2. The summed E-state index contributed by atoms with van der Waals surface area (Å²) in [4.78, 5) is 2.76. The SMILES string of the molecule is [B]C1CC=C2C3CCC=CC3N(C3C=CC=CC3)C2C1. The molecule has 0 saturated carbocycles. The van der Waals surface area contributed by atoms with Gasteiger partial charge in [0.1, 0.15) is 0 Å². The van der Waals surface area contributed by atoms with Gasteiger partial charge in [-0.2, -0.15) is 0 Å². The zero-order chi connectivity index (χ0) is 13.5. The molecular formula is C18H22BN. The second kappa shape index (κ2) is 5.07. The number of rotatable bonds is 1. The van der Waals surface area contributed by atoms with E-state index in [0.717, 1.165) is 25.2 Å². The van der Waals surface area contributed by atoms with Crippen LogP contribution in [-0.2, 0) is 0 Å². The van der Waals surface area contributed by atoms with E-state index in [1.807, 2.05) is 0 Å². The molecule has 102 valence electrons. The summed E-state index contributed by atoms with van der Waals surface area (Å²) in [6.45, 7) is 0.